The molecule has 9 heteroatoms. The number of sulfonamides is 1. The van der Waals surface area contributed by atoms with Crippen molar-refractivity contribution in [2.45, 2.75) is 31.5 Å². The van der Waals surface area contributed by atoms with Crippen LogP contribution in [0.15, 0.2) is 26.2 Å². The molecule has 23 heavy (non-hydrogen) atoms. The van der Waals surface area contributed by atoms with E-state index in [1.54, 1.807) is 12.1 Å². The second-order valence-corrected chi connectivity index (χ2v) is 9.14. The monoisotopic (exact) mass is 369 g/mol. The smallest absolute Gasteiger partial charge is 0.250 e. The Labute approximate surface area is 142 Å². The van der Waals surface area contributed by atoms with Gasteiger partial charge in [0, 0.05) is 10.3 Å². The number of hydrogen-bond donors (Lipinski definition) is 1. The molecule has 0 fully saturated rings. The molecule has 0 bridgehead atoms. The van der Waals surface area contributed by atoms with Crippen molar-refractivity contribution >= 4 is 32.7 Å². The van der Waals surface area contributed by atoms with Crippen molar-refractivity contribution < 1.29 is 12.9 Å². The molecule has 0 saturated heterocycles. The normalized spacial score (nSPS) is 12.0. The first-order valence-corrected chi connectivity index (χ1v) is 9.98. The highest BCUT2D eigenvalue weighted by Crippen LogP contribution is 2.34. The molecule has 0 amide bonds. The van der Waals surface area contributed by atoms with Gasteiger partial charge in [-0.15, -0.1) is 22.7 Å². The molecule has 3 rings (SSSR count). The number of aryl methyl sites for hydroxylation is 3. The van der Waals surface area contributed by atoms with Crippen LogP contribution in [0.2, 0.25) is 0 Å². The summed E-state index contributed by atoms with van der Waals surface area (Å²) in [5.41, 5.74) is 2.32. The van der Waals surface area contributed by atoms with Gasteiger partial charge >= 0.3 is 0 Å². The molecule has 0 aliphatic rings. The summed E-state index contributed by atoms with van der Waals surface area (Å²) < 4.78 is 32.8. The third kappa shape index (κ3) is 3.37. The highest BCUT2D eigenvalue weighted by atomic mass is 32.2. The Balaban J connectivity index is 1.81. The summed E-state index contributed by atoms with van der Waals surface area (Å²) in [6.45, 7) is 5.72. The van der Waals surface area contributed by atoms with Crippen molar-refractivity contribution in [3.63, 3.8) is 0 Å². The van der Waals surface area contributed by atoms with Gasteiger partial charge in [-0.2, -0.15) is 0 Å². The van der Waals surface area contributed by atoms with Crippen LogP contribution >= 0.6 is 22.7 Å². The zero-order chi connectivity index (χ0) is 16.6. The first-order valence-electron chi connectivity index (χ1n) is 6.80. The maximum absolute atomic E-state index is 12.4. The summed E-state index contributed by atoms with van der Waals surface area (Å²) in [5.74, 6) is 0.680. The van der Waals surface area contributed by atoms with Gasteiger partial charge in [-0.3, -0.25) is 0 Å². The quantitative estimate of drug-likeness (QED) is 0.746. The van der Waals surface area contributed by atoms with Gasteiger partial charge in [-0.05, 0) is 32.9 Å². The Kier molecular flexibility index (Phi) is 4.37. The number of nitrogens with one attached hydrogen (secondary N) is 1. The molecule has 0 radical (unpaired) electrons. The van der Waals surface area contributed by atoms with E-state index in [4.69, 9.17) is 4.52 Å². The highest BCUT2D eigenvalue weighted by Gasteiger charge is 2.20. The maximum atomic E-state index is 12.4. The lowest BCUT2D eigenvalue weighted by molar-refractivity contribution is 0.393. The fraction of sp³-hybridized carbons (Fsp3) is 0.286. The molecule has 0 unspecified atom stereocenters. The zero-order valence-corrected chi connectivity index (χ0v) is 15.2. The van der Waals surface area contributed by atoms with Gasteiger partial charge in [0.2, 0.25) is 10.0 Å². The van der Waals surface area contributed by atoms with E-state index in [-0.39, 0.29) is 10.8 Å². The topological polar surface area (TPSA) is 85.1 Å². The second-order valence-electron chi connectivity index (χ2n) is 5.00. The molecule has 6 nitrogen and oxygen atoms in total. The van der Waals surface area contributed by atoms with Crippen molar-refractivity contribution in [1.29, 1.82) is 0 Å². The van der Waals surface area contributed by atoms with Crippen molar-refractivity contribution in [3.05, 3.63) is 39.7 Å². The SMILES string of the molecule is Cc1nc(CNS(=O)(=O)c2ccc(-c3c(C)noc3C)s2)cs1. The lowest BCUT2D eigenvalue weighted by Gasteiger charge is -2.02. The Hall–Kier alpha value is -1.55. The van der Waals surface area contributed by atoms with Crippen LogP contribution in [-0.4, -0.2) is 18.6 Å². The zero-order valence-electron chi connectivity index (χ0n) is 12.8. The lowest BCUT2D eigenvalue weighted by atomic mass is 10.2. The predicted molar refractivity (Wildman–Crippen MR) is 90.2 cm³/mol. The van der Waals surface area contributed by atoms with Crippen molar-refractivity contribution in [3.8, 4) is 10.4 Å². The average Bonchev–Trinajstić information content (AvgIpc) is 3.18. The van der Waals surface area contributed by atoms with Gasteiger partial charge in [0.05, 0.1) is 28.5 Å². The number of rotatable bonds is 5. The number of nitrogens with zero attached hydrogens (tertiary/aromatic N) is 2. The minimum absolute atomic E-state index is 0.186. The molecular weight excluding hydrogens is 354 g/mol. The maximum Gasteiger partial charge on any atom is 0.250 e. The van der Waals surface area contributed by atoms with Gasteiger partial charge in [0.1, 0.15) is 9.97 Å². The van der Waals surface area contributed by atoms with Crippen LogP contribution in [-0.2, 0) is 16.6 Å². The number of thiophene rings is 1. The molecule has 0 aliphatic carbocycles. The van der Waals surface area contributed by atoms with E-state index < -0.39 is 10.0 Å². The molecule has 0 atom stereocenters. The van der Waals surface area contributed by atoms with Gasteiger partial charge in [0.25, 0.3) is 0 Å². The van der Waals surface area contributed by atoms with E-state index in [1.807, 2.05) is 26.2 Å². The standard InChI is InChI=1S/C14H15N3O3S3/c1-8-14(9(2)20-17-8)12-4-5-13(22-12)23(18,19)15-6-11-7-21-10(3)16-11/h4-5,7,15H,6H2,1-3H3. The van der Waals surface area contributed by atoms with Crippen LogP contribution in [0.25, 0.3) is 10.4 Å². The van der Waals surface area contributed by atoms with Crippen LogP contribution in [0.4, 0.5) is 0 Å². The lowest BCUT2D eigenvalue weighted by Crippen LogP contribution is -2.22. The minimum atomic E-state index is -3.56. The summed E-state index contributed by atoms with van der Waals surface area (Å²) in [7, 11) is -3.56. The van der Waals surface area contributed by atoms with E-state index in [0.29, 0.717) is 5.76 Å². The number of thiazole rings is 1. The molecule has 0 saturated carbocycles. The summed E-state index contributed by atoms with van der Waals surface area (Å²) >= 11 is 2.69. The minimum Gasteiger partial charge on any atom is -0.361 e. The molecule has 3 aromatic heterocycles. The van der Waals surface area contributed by atoms with Crippen molar-refractivity contribution in [2.24, 2.45) is 0 Å². The number of aromatic nitrogens is 2. The van der Waals surface area contributed by atoms with Crippen LogP contribution in [0.1, 0.15) is 22.2 Å². The fourth-order valence-corrected chi connectivity index (χ4v) is 5.27. The number of hydrogen-bond acceptors (Lipinski definition) is 7. The van der Waals surface area contributed by atoms with Gasteiger partial charge in [-0.1, -0.05) is 5.16 Å². The van der Waals surface area contributed by atoms with Gasteiger partial charge in [-0.25, -0.2) is 18.1 Å². The van der Waals surface area contributed by atoms with Crippen LogP contribution in [0.5, 0.6) is 0 Å². The van der Waals surface area contributed by atoms with Crippen LogP contribution in [0.3, 0.4) is 0 Å². The predicted octanol–water partition coefficient (Wildman–Crippen LogP) is 3.26. The Morgan fingerprint density at radius 2 is 2.04 bits per heavy atom. The van der Waals surface area contributed by atoms with Crippen molar-refractivity contribution in [1.82, 2.24) is 14.9 Å². The van der Waals surface area contributed by atoms with Gasteiger partial charge in [0.15, 0.2) is 0 Å². The summed E-state index contributed by atoms with van der Waals surface area (Å²) in [4.78, 5) is 5.08. The molecule has 0 spiro atoms. The largest absolute Gasteiger partial charge is 0.361 e. The van der Waals surface area contributed by atoms with E-state index in [1.165, 1.54) is 22.7 Å². The first kappa shape index (κ1) is 16.3. The van der Waals surface area contributed by atoms with E-state index in [0.717, 1.165) is 26.8 Å². The van der Waals surface area contributed by atoms with E-state index in [2.05, 4.69) is 14.9 Å². The second kappa shape index (κ2) is 6.16. The Bertz CT molecular complexity index is 918. The van der Waals surface area contributed by atoms with Gasteiger partial charge < -0.3 is 4.52 Å². The molecule has 3 heterocycles. The van der Waals surface area contributed by atoms with Crippen LogP contribution in [0, 0.1) is 20.8 Å². The molecule has 0 aliphatic heterocycles. The summed E-state index contributed by atoms with van der Waals surface area (Å²) in [6.07, 6.45) is 0. The molecule has 1 N–H and O–H groups in total. The Morgan fingerprint density at radius 1 is 1.26 bits per heavy atom. The summed E-state index contributed by atoms with van der Waals surface area (Å²) in [6, 6.07) is 3.37. The Morgan fingerprint density at radius 3 is 2.65 bits per heavy atom. The third-order valence-corrected chi connectivity index (χ3v) is 7.05. The van der Waals surface area contributed by atoms with Crippen molar-refractivity contribution in [2.75, 3.05) is 0 Å². The molecule has 3 aromatic rings. The summed E-state index contributed by atoms with van der Waals surface area (Å²) in [5, 5.41) is 6.66. The first-order chi connectivity index (χ1) is 10.9. The third-order valence-electron chi connectivity index (χ3n) is 3.24. The molecule has 122 valence electrons. The van der Waals surface area contributed by atoms with Crippen LogP contribution < -0.4 is 4.72 Å². The molecular formula is C14H15N3O3S3. The average molecular weight is 369 g/mol. The fourth-order valence-electron chi connectivity index (χ4n) is 2.16. The van der Waals surface area contributed by atoms with E-state index >= 15 is 0 Å². The molecule has 0 aromatic carbocycles. The highest BCUT2D eigenvalue weighted by molar-refractivity contribution is 7.91. The van der Waals surface area contributed by atoms with E-state index in [9.17, 15) is 8.42 Å².